The standard InChI is InChI=1S/C26H32N4O2S/c1-2-3-13-22-27-25(24-20-11-7-8-12-21(20)33-26(24)28-22)30-16-14-29(15-17-30)23(31)18-32-19-9-5-4-6-10-19/h4-6,9-10H,2-3,7-8,11-18H2,1H3. The zero-order valence-electron chi connectivity index (χ0n) is 19.4. The number of carbonyl (C=O) groups is 1. The highest BCUT2D eigenvalue weighted by molar-refractivity contribution is 7.19. The van der Waals surface area contributed by atoms with Crippen molar-refractivity contribution in [3.63, 3.8) is 0 Å². The fraction of sp³-hybridized carbons (Fsp3) is 0.500. The maximum atomic E-state index is 12.7. The van der Waals surface area contributed by atoms with Crippen molar-refractivity contribution in [2.45, 2.75) is 51.9 Å². The van der Waals surface area contributed by atoms with Gasteiger partial charge in [0, 0.05) is 37.5 Å². The normalized spacial score (nSPS) is 16.2. The van der Waals surface area contributed by atoms with E-state index < -0.39 is 0 Å². The molecule has 1 saturated heterocycles. The molecule has 0 N–H and O–H groups in total. The van der Waals surface area contributed by atoms with Gasteiger partial charge >= 0.3 is 0 Å². The summed E-state index contributed by atoms with van der Waals surface area (Å²) in [5.41, 5.74) is 1.48. The summed E-state index contributed by atoms with van der Waals surface area (Å²) in [6.07, 6.45) is 8.01. The van der Waals surface area contributed by atoms with Gasteiger partial charge in [-0.05, 0) is 49.8 Å². The van der Waals surface area contributed by atoms with Crippen LogP contribution in [0.3, 0.4) is 0 Å². The highest BCUT2D eigenvalue weighted by atomic mass is 32.1. The van der Waals surface area contributed by atoms with Crippen LogP contribution in [0.25, 0.3) is 10.2 Å². The number of hydrogen-bond acceptors (Lipinski definition) is 6. The quantitative estimate of drug-likeness (QED) is 0.510. The Kier molecular flexibility index (Phi) is 6.76. The van der Waals surface area contributed by atoms with Crippen LogP contribution in [-0.4, -0.2) is 53.6 Å². The van der Waals surface area contributed by atoms with E-state index in [9.17, 15) is 4.79 Å². The summed E-state index contributed by atoms with van der Waals surface area (Å²) in [7, 11) is 0. The van der Waals surface area contributed by atoms with Crippen LogP contribution in [0.4, 0.5) is 5.82 Å². The number of ether oxygens (including phenoxy) is 1. The van der Waals surface area contributed by atoms with Gasteiger partial charge in [0.05, 0.1) is 5.39 Å². The lowest BCUT2D eigenvalue weighted by atomic mass is 9.97. The van der Waals surface area contributed by atoms with Crippen LogP contribution in [0, 0.1) is 0 Å². The van der Waals surface area contributed by atoms with E-state index in [0.29, 0.717) is 13.1 Å². The van der Waals surface area contributed by atoms with Crippen molar-refractivity contribution >= 4 is 33.3 Å². The van der Waals surface area contributed by atoms with Crippen LogP contribution in [-0.2, 0) is 24.1 Å². The zero-order valence-corrected chi connectivity index (χ0v) is 20.2. The molecule has 1 aliphatic heterocycles. The maximum absolute atomic E-state index is 12.7. The minimum atomic E-state index is 0.0443. The summed E-state index contributed by atoms with van der Waals surface area (Å²) in [6, 6.07) is 9.53. The second-order valence-corrected chi connectivity index (χ2v) is 10.0. The number of carbonyl (C=O) groups excluding carboxylic acids is 1. The minimum absolute atomic E-state index is 0.0443. The second-order valence-electron chi connectivity index (χ2n) is 8.93. The number of nitrogens with zero attached hydrogens (tertiary/aromatic N) is 4. The molecular formula is C26H32N4O2S. The van der Waals surface area contributed by atoms with Gasteiger partial charge in [-0.1, -0.05) is 31.5 Å². The monoisotopic (exact) mass is 464 g/mol. The Hall–Kier alpha value is -2.67. The molecule has 0 unspecified atom stereocenters. The lowest BCUT2D eigenvalue weighted by Gasteiger charge is -2.36. The summed E-state index contributed by atoms with van der Waals surface area (Å²) in [5.74, 6) is 2.84. The van der Waals surface area contributed by atoms with Crippen LogP contribution in [0.2, 0.25) is 0 Å². The highest BCUT2D eigenvalue weighted by Gasteiger charge is 2.27. The smallest absolute Gasteiger partial charge is 0.260 e. The number of fused-ring (bicyclic) bond motifs is 3. The summed E-state index contributed by atoms with van der Waals surface area (Å²) in [5, 5.41) is 1.28. The number of thiophene rings is 1. The third kappa shape index (κ3) is 4.83. The molecule has 0 bridgehead atoms. The molecule has 0 spiro atoms. The maximum Gasteiger partial charge on any atom is 0.260 e. The Labute approximate surface area is 199 Å². The van der Waals surface area contributed by atoms with Crippen LogP contribution < -0.4 is 9.64 Å². The van der Waals surface area contributed by atoms with E-state index in [0.717, 1.165) is 61.0 Å². The van der Waals surface area contributed by atoms with Crippen LogP contribution in [0.15, 0.2) is 30.3 Å². The molecule has 174 valence electrons. The molecule has 2 aliphatic rings. The van der Waals surface area contributed by atoms with Crippen LogP contribution in [0.1, 0.15) is 48.9 Å². The van der Waals surface area contributed by atoms with Gasteiger partial charge in [-0.15, -0.1) is 11.3 Å². The van der Waals surface area contributed by atoms with Crippen molar-refractivity contribution < 1.29 is 9.53 Å². The fourth-order valence-electron chi connectivity index (χ4n) is 4.78. The van der Waals surface area contributed by atoms with Crippen molar-refractivity contribution in [2.75, 3.05) is 37.7 Å². The zero-order chi connectivity index (χ0) is 22.6. The van der Waals surface area contributed by atoms with Gasteiger partial charge in [0.15, 0.2) is 6.61 Å². The summed E-state index contributed by atoms with van der Waals surface area (Å²) >= 11 is 1.88. The molecule has 6 nitrogen and oxygen atoms in total. The van der Waals surface area contributed by atoms with Crippen molar-refractivity contribution in [1.82, 2.24) is 14.9 Å². The lowest BCUT2D eigenvalue weighted by molar-refractivity contribution is -0.133. The molecule has 33 heavy (non-hydrogen) atoms. The largest absolute Gasteiger partial charge is 0.484 e. The number of aryl methyl sites for hydroxylation is 3. The first kappa shape index (κ1) is 22.1. The number of amides is 1. The molecule has 1 amide bonds. The second kappa shape index (κ2) is 10.1. The molecule has 5 rings (SSSR count). The Morgan fingerprint density at radius 2 is 1.85 bits per heavy atom. The third-order valence-corrected chi connectivity index (χ3v) is 7.82. The van der Waals surface area contributed by atoms with Crippen molar-refractivity contribution in [3.05, 3.63) is 46.6 Å². The Morgan fingerprint density at radius 3 is 2.64 bits per heavy atom. The molecule has 0 saturated carbocycles. The van der Waals surface area contributed by atoms with E-state index >= 15 is 0 Å². The summed E-state index contributed by atoms with van der Waals surface area (Å²) in [4.78, 5) is 29.7. The first-order chi connectivity index (χ1) is 16.2. The Morgan fingerprint density at radius 1 is 1.06 bits per heavy atom. The SMILES string of the molecule is CCCCc1nc(N2CCN(C(=O)COc3ccccc3)CC2)c2c3c(sc2n1)CCCC3. The number of anilines is 1. The van der Waals surface area contributed by atoms with Gasteiger partial charge in [0.2, 0.25) is 0 Å². The molecular weight excluding hydrogens is 432 g/mol. The van der Waals surface area contributed by atoms with Crippen molar-refractivity contribution in [1.29, 1.82) is 0 Å². The first-order valence-corrected chi connectivity index (χ1v) is 13.1. The van der Waals surface area contributed by atoms with Crippen LogP contribution in [0.5, 0.6) is 5.75 Å². The van der Waals surface area contributed by atoms with Crippen molar-refractivity contribution in [2.24, 2.45) is 0 Å². The third-order valence-electron chi connectivity index (χ3n) is 6.63. The van der Waals surface area contributed by atoms with Gasteiger partial charge in [-0.3, -0.25) is 4.79 Å². The van der Waals surface area contributed by atoms with E-state index in [2.05, 4.69) is 11.8 Å². The first-order valence-electron chi connectivity index (χ1n) is 12.2. The summed E-state index contributed by atoms with van der Waals surface area (Å²) in [6.45, 7) is 5.27. The predicted octanol–water partition coefficient (Wildman–Crippen LogP) is 4.64. The molecule has 1 aromatic carbocycles. The number of rotatable bonds is 7. The average Bonchev–Trinajstić information content (AvgIpc) is 3.25. The average molecular weight is 465 g/mol. The number of hydrogen-bond donors (Lipinski definition) is 0. The molecule has 3 heterocycles. The van der Waals surface area contributed by atoms with E-state index in [1.807, 2.05) is 46.6 Å². The Balaban J connectivity index is 1.32. The van der Waals surface area contributed by atoms with E-state index in [4.69, 9.17) is 14.7 Å². The molecule has 0 radical (unpaired) electrons. The molecule has 3 aromatic rings. The Bertz CT molecular complexity index is 1110. The van der Waals surface area contributed by atoms with Crippen molar-refractivity contribution in [3.8, 4) is 5.75 Å². The van der Waals surface area contributed by atoms with E-state index in [1.165, 1.54) is 35.1 Å². The predicted molar refractivity (Wildman–Crippen MR) is 133 cm³/mol. The number of aromatic nitrogens is 2. The fourth-order valence-corrected chi connectivity index (χ4v) is 6.05. The van der Waals surface area contributed by atoms with E-state index in [1.54, 1.807) is 0 Å². The minimum Gasteiger partial charge on any atom is -0.484 e. The van der Waals surface area contributed by atoms with E-state index in [-0.39, 0.29) is 12.5 Å². The van der Waals surface area contributed by atoms with Gasteiger partial charge < -0.3 is 14.5 Å². The molecule has 2 aromatic heterocycles. The molecule has 0 atom stereocenters. The van der Waals surface area contributed by atoms with Gasteiger partial charge in [-0.2, -0.15) is 0 Å². The number of unbranched alkanes of at least 4 members (excludes halogenated alkanes) is 1. The molecule has 7 heteroatoms. The summed E-state index contributed by atoms with van der Waals surface area (Å²) < 4.78 is 5.67. The topological polar surface area (TPSA) is 58.6 Å². The number of piperazine rings is 1. The number of benzene rings is 1. The molecule has 1 aliphatic carbocycles. The van der Waals surface area contributed by atoms with Crippen LogP contribution >= 0.6 is 11.3 Å². The van der Waals surface area contributed by atoms with Gasteiger partial charge in [0.1, 0.15) is 22.2 Å². The van der Waals surface area contributed by atoms with Gasteiger partial charge in [-0.25, -0.2) is 9.97 Å². The lowest BCUT2D eigenvalue weighted by Crippen LogP contribution is -2.50. The highest BCUT2D eigenvalue weighted by Crippen LogP contribution is 2.40. The molecule has 1 fully saturated rings. The van der Waals surface area contributed by atoms with Gasteiger partial charge in [0.25, 0.3) is 5.91 Å². The number of para-hydroxylation sites is 1.